The maximum absolute atomic E-state index is 11.9. The first kappa shape index (κ1) is 17.5. The van der Waals surface area contributed by atoms with E-state index < -0.39 is 5.97 Å². The van der Waals surface area contributed by atoms with Crippen LogP contribution < -0.4 is 9.47 Å². The molecular formula is C18H20N4O4. The number of methoxy groups -OCH3 is 2. The second-order valence-corrected chi connectivity index (χ2v) is 5.75. The van der Waals surface area contributed by atoms with Gasteiger partial charge in [-0.15, -0.1) is 0 Å². The number of nitrogens with zero attached hydrogens (tertiary/aromatic N) is 4. The molecule has 0 amide bonds. The molecule has 0 aliphatic heterocycles. The number of ether oxygens (including phenoxy) is 2. The quantitative estimate of drug-likeness (QED) is 0.698. The zero-order valence-electron chi connectivity index (χ0n) is 14.8. The summed E-state index contributed by atoms with van der Waals surface area (Å²) in [5.74, 6) is 0.00577. The minimum Gasteiger partial charge on any atom is -0.493 e. The molecule has 136 valence electrons. The molecule has 0 bridgehead atoms. The Morgan fingerprint density at radius 3 is 2.69 bits per heavy atom. The summed E-state index contributed by atoms with van der Waals surface area (Å²) in [7, 11) is 4.76. The topological polar surface area (TPSA) is 91.4 Å². The van der Waals surface area contributed by atoms with Gasteiger partial charge < -0.3 is 19.1 Å². The van der Waals surface area contributed by atoms with Crippen LogP contribution in [0.25, 0.3) is 11.4 Å². The molecule has 0 unspecified atom stereocenters. The van der Waals surface area contributed by atoms with Crippen molar-refractivity contribution < 1.29 is 19.4 Å². The van der Waals surface area contributed by atoms with Gasteiger partial charge in [-0.25, -0.2) is 9.78 Å². The molecule has 2 aromatic heterocycles. The number of aromatic carboxylic acids is 1. The molecule has 2 heterocycles. The van der Waals surface area contributed by atoms with Crippen molar-refractivity contribution in [3.05, 3.63) is 48.0 Å². The van der Waals surface area contributed by atoms with Crippen LogP contribution in [-0.2, 0) is 20.0 Å². The fourth-order valence-corrected chi connectivity index (χ4v) is 2.91. The van der Waals surface area contributed by atoms with Crippen LogP contribution in [0.1, 0.15) is 15.9 Å². The zero-order valence-corrected chi connectivity index (χ0v) is 14.8. The second kappa shape index (κ2) is 7.30. The van der Waals surface area contributed by atoms with Crippen molar-refractivity contribution in [3.63, 3.8) is 0 Å². The van der Waals surface area contributed by atoms with Crippen molar-refractivity contribution in [2.45, 2.75) is 13.0 Å². The fraction of sp³-hybridized carbons (Fsp3) is 0.278. The lowest BCUT2D eigenvalue weighted by Gasteiger charge is -2.15. The first-order valence-electron chi connectivity index (χ1n) is 8.02. The van der Waals surface area contributed by atoms with Gasteiger partial charge in [0.1, 0.15) is 11.4 Å². The lowest BCUT2D eigenvalue weighted by atomic mass is 10.0. The minimum absolute atomic E-state index is 0.0284. The van der Waals surface area contributed by atoms with Crippen molar-refractivity contribution in [2.24, 2.45) is 7.05 Å². The van der Waals surface area contributed by atoms with Crippen molar-refractivity contribution in [2.75, 3.05) is 14.2 Å². The smallest absolute Gasteiger partial charge is 0.340 e. The van der Waals surface area contributed by atoms with E-state index in [-0.39, 0.29) is 11.3 Å². The molecule has 0 aliphatic rings. The van der Waals surface area contributed by atoms with E-state index in [9.17, 15) is 9.90 Å². The summed E-state index contributed by atoms with van der Waals surface area (Å²) in [5, 5.41) is 13.9. The molecular weight excluding hydrogens is 336 g/mol. The Morgan fingerprint density at radius 2 is 2.08 bits per heavy atom. The van der Waals surface area contributed by atoms with Crippen LogP contribution in [0.2, 0.25) is 0 Å². The summed E-state index contributed by atoms with van der Waals surface area (Å²) in [6.07, 6.45) is 8.01. The average molecular weight is 356 g/mol. The highest BCUT2D eigenvalue weighted by molar-refractivity contribution is 5.99. The maximum Gasteiger partial charge on any atom is 0.340 e. The SMILES string of the molecule is COc1ccc(-c2nccn2CCc2cnn(C)c2)c(C(=O)O)c1OC. The molecule has 26 heavy (non-hydrogen) atoms. The lowest BCUT2D eigenvalue weighted by molar-refractivity contribution is 0.0693. The summed E-state index contributed by atoms with van der Waals surface area (Å²) >= 11 is 0. The Bertz CT molecular complexity index is 929. The molecule has 3 rings (SSSR count). The van der Waals surface area contributed by atoms with E-state index in [0.717, 1.165) is 12.0 Å². The third-order valence-electron chi connectivity index (χ3n) is 4.12. The summed E-state index contributed by atoms with van der Waals surface area (Å²) < 4.78 is 14.2. The predicted octanol–water partition coefficient (Wildman–Crippen LogP) is 2.24. The summed E-state index contributed by atoms with van der Waals surface area (Å²) in [5.41, 5.74) is 1.60. The normalized spacial score (nSPS) is 10.7. The van der Waals surface area contributed by atoms with E-state index in [2.05, 4.69) is 10.1 Å². The van der Waals surface area contributed by atoms with Crippen LogP contribution in [0.3, 0.4) is 0 Å². The monoisotopic (exact) mass is 356 g/mol. The average Bonchev–Trinajstić information content (AvgIpc) is 3.26. The number of benzene rings is 1. The standard InChI is InChI=1S/C18H20N4O4/c1-21-11-12(10-20-21)6-8-22-9-7-19-17(22)13-4-5-14(25-2)16(26-3)15(13)18(23)24/h4-5,7,9-11H,6,8H2,1-3H3,(H,23,24). The number of rotatable bonds is 7. The molecule has 0 saturated carbocycles. The third kappa shape index (κ3) is 3.26. The molecule has 0 radical (unpaired) electrons. The molecule has 0 aliphatic carbocycles. The van der Waals surface area contributed by atoms with Crippen LogP contribution in [-0.4, -0.2) is 44.6 Å². The number of aryl methyl sites for hydroxylation is 3. The van der Waals surface area contributed by atoms with Gasteiger partial charge in [0, 0.05) is 37.7 Å². The number of carbonyl (C=O) groups is 1. The van der Waals surface area contributed by atoms with E-state index in [4.69, 9.17) is 9.47 Å². The molecule has 8 nitrogen and oxygen atoms in total. The van der Waals surface area contributed by atoms with Crippen molar-refractivity contribution in [3.8, 4) is 22.9 Å². The summed E-state index contributed by atoms with van der Waals surface area (Å²) in [6.45, 7) is 0.647. The van der Waals surface area contributed by atoms with Crippen LogP contribution >= 0.6 is 0 Å². The number of carboxylic acid groups (broad SMARTS) is 1. The van der Waals surface area contributed by atoms with Crippen molar-refractivity contribution in [1.82, 2.24) is 19.3 Å². The van der Waals surface area contributed by atoms with Gasteiger partial charge in [0.2, 0.25) is 0 Å². The largest absolute Gasteiger partial charge is 0.493 e. The van der Waals surface area contributed by atoms with Crippen LogP contribution in [0, 0.1) is 0 Å². The van der Waals surface area contributed by atoms with Gasteiger partial charge >= 0.3 is 5.97 Å². The fourth-order valence-electron chi connectivity index (χ4n) is 2.91. The maximum atomic E-state index is 11.9. The summed E-state index contributed by atoms with van der Waals surface area (Å²) in [4.78, 5) is 16.2. The van der Waals surface area contributed by atoms with E-state index >= 15 is 0 Å². The minimum atomic E-state index is -1.10. The van der Waals surface area contributed by atoms with Gasteiger partial charge in [-0.2, -0.15) is 5.10 Å². The molecule has 0 saturated heterocycles. The first-order valence-corrected chi connectivity index (χ1v) is 8.02. The molecule has 3 aromatic rings. The molecule has 1 N–H and O–H groups in total. The van der Waals surface area contributed by atoms with Gasteiger partial charge in [0.25, 0.3) is 0 Å². The van der Waals surface area contributed by atoms with Crippen molar-refractivity contribution >= 4 is 5.97 Å². The van der Waals surface area contributed by atoms with Gasteiger partial charge in [0.05, 0.1) is 20.4 Å². The number of carboxylic acids is 1. The van der Waals surface area contributed by atoms with E-state index in [0.29, 0.717) is 23.7 Å². The Balaban J connectivity index is 1.99. The highest BCUT2D eigenvalue weighted by Gasteiger charge is 2.24. The molecule has 0 atom stereocenters. The van der Waals surface area contributed by atoms with Crippen LogP contribution in [0.4, 0.5) is 0 Å². The van der Waals surface area contributed by atoms with E-state index in [1.807, 2.05) is 30.2 Å². The summed E-state index contributed by atoms with van der Waals surface area (Å²) in [6, 6.07) is 3.37. The van der Waals surface area contributed by atoms with Gasteiger partial charge in [-0.1, -0.05) is 0 Å². The Hall–Kier alpha value is -3.29. The first-order chi connectivity index (χ1) is 12.5. The van der Waals surface area contributed by atoms with Gasteiger partial charge in [-0.3, -0.25) is 4.68 Å². The van der Waals surface area contributed by atoms with E-state index in [1.165, 1.54) is 14.2 Å². The molecule has 1 aromatic carbocycles. The molecule has 8 heteroatoms. The second-order valence-electron chi connectivity index (χ2n) is 5.75. The highest BCUT2D eigenvalue weighted by atomic mass is 16.5. The molecule has 0 spiro atoms. The Labute approximate surface area is 150 Å². The van der Waals surface area contributed by atoms with E-state index in [1.54, 1.807) is 23.0 Å². The number of hydrogen-bond donors (Lipinski definition) is 1. The number of aromatic nitrogens is 4. The number of hydrogen-bond acceptors (Lipinski definition) is 5. The van der Waals surface area contributed by atoms with Crippen LogP contribution in [0.5, 0.6) is 11.5 Å². The number of imidazole rings is 1. The van der Waals surface area contributed by atoms with Crippen LogP contribution in [0.15, 0.2) is 36.9 Å². The Kier molecular flexibility index (Phi) is 4.92. The van der Waals surface area contributed by atoms with Gasteiger partial charge in [0.15, 0.2) is 11.5 Å². The van der Waals surface area contributed by atoms with Crippen molar-refractivity contribution in [1.29, 1.82) is 0 Å². The highest BCUT2D eigenvalue weighted by Crippen LogP contribution is 2.37. The van der Waals surface area contributed by atoms with Gasteiger partial charge in [-0.05, 0) is 24.1 Å². The zero-order chi connectivity index (χ0) is 18.7. The molecule has 0 fully saturated rings. The lowest BCUT2D eigenvalue weighted by Crippen LogP contribution is -2.08. The Morgan fingerprint density at radius 1 is 1.27 bits per heavy atom. The predicted molar refractivity (Wildman–Crippen MR) is 94.6 cm³/mol. The third-order valence-corrected chi connectivity index (χ3v) is 4.12.